The monoisotopic (exact) mass is 242 g/mol. The van der Waals surface area contributed by atoms with Crippen molar-refractivity contribution in [3.63, 3.8) is 0 Å². The van der Waals surface area contributed by atoms with Gasteiger partial charge in [-0.3, -0.25) is 9.59 Å². The van der Waals surface area contributed by atoms with Crippen LogP contribution >= 0.6 is 0 Å². The van der Waals surface area contributed by atoms with Gasteiger partial charge in [0, 0.05) is 11.8 Å². The van der Waals surface area contributed by atoms with Crippen molar-refractivity contribution in [3.05, 3.63) is 35.5 Å². The third-order valence-electron chi connectivity index (χ3n) is 4.46. The molecule has 0 radical (unpaired) electrons. The van der Waals surface area contributed by atoms with Gasteiger partial charge in [-0.2, -0.15) is 0 Å². The van der Waals surface area contributed by atoms with Crippen molar-refractivity contribution in [1.29, 1.82) is 0 Å². The minimum atomic E-state index is -0.111. The molecule has 2 heteroatoms. The Bertz CT molecular complexity index is 461. The Morgan fingerprint density at radius 3 is 1.61 bits per heavy atom. The average Bonchev–Trinajstić information content (AvgIpc) is 2.28. The van der Waals surface area contributed by atoms with Crippen LogP contribution in [0.25, 0.3) is 0 Å². The quantitative estimate of drug-likeness (QED) is 0.612. The fourth-order valence-corrected chi connectivity index (χ4v) is 3.76. The second-order valence-corrected chi connectivity index (χ2v) is 5.96. The first kappa shape index (κ1) is 11.6. The van der Waals surface area contributed by atoms with Gasteiger partial charge in [0.25, 0.3) is 0 Å². The topological polar surface area (TPSA) is 34.1 Å². The summed E-state index contributed by atoms with van der Waals surface area (Å²) in [5.41, 5.74) is 2.28. The number of hydrogen-bond acceptors (Lipinski definition) is 2. The molecule has 3 rings (SSSR count). The van der Waals surface area contributed by atoms with E-state index in [4.69, 9.17) is 0 Å². The second kappa shape index (κ2) is 4.04. The van der Waals surface area contributed by atoms with E-state index in [1.807, 2.05) is 13.8 Å². The number of ketones is 2. The zero-order valence-corrected chi connectivity index (χ0v) is 10.8. The third kappa shape index (κ3) is 1.71. The maximum atomic E-state index is 12.2. The summed E-state index contributed by atoms with van der Waals surface area (Å²) >= 11 is 0. The van der Waals surface area contributed by atoms with Crippen molar-refractivity contribution >= 4 is 11.6 Å². The van der Waals surface area contributed by atoms with E-state index in [0.29, 0.717) is 0 Å². The van der Waals surface area contributed by atoms with Crippen molar-refractivity contribution < 1.29 is 9.59 Å². The highest BCUT2D eigenvalue weighted by Crippen LogP contribution is 2.45. The Hall–Kier alpha value is -1.44. The molecule has 2 nitrogen and oxygen atoms in total. The van der Waals surface area contributed by atoms with Gasteiger partial charge in [0.05, 0.1) is 0 Å². The summed E-state index contributed by atoms with van der Waals surface area (Å²) in [6, 6.07) is 0. The van der Waals surface area contributed by atoms with E-state index in [2.05, 4.69) is 12.2 Å². The maximum absolute atomic E-state index is 12.2. The molecule has 0 amide bonds. The predicted octanol–water partition coefficient (Wildman–Crippen LogP) is 2.86. The van der Waals surface area contributed by atoms with E-state index >= 15 is 0 Å². The normalized spacial score (nSPS) is 38.8. The lowest BCUT2D eigenvalue weighted by atomic mass is 9.61. The van der Waals surface area contributed by atoms with Gasteiger partial charge in [0.15, 0.2) is 11.6 Å². The zero-order valence-electron chi connectivity index (χ0n) is 10.8. The third-order valence-corrected chi connectivity index (χ3v) is 4.46. The predicted molar refractivity (Wildman–Crippen MR) is 69.9 cm³/mol. The lowest BCUT2D eigenvalue weighted by Crippen LogP contribution is -2.43. The molecule has 0 spiro atoms. The van der Waals surface area contributed by atoms with Crippen molar-refractivity contribution in [2.24, 2.45) is 23.7 Å². The Labute approximate surface area is 107 Å². The van der Waals surface area contributed by atoms with Gasteiger partial charge >= 0.3 is 0 Å². The largest absolute Gasteiger partial charge is 0.294 e. The van der Waals surface area contributed by atoms with Crippen molar-refractivity contribution in [1.82, 2.24) is 0 Å². The van der Waals surface area contributed by atoms with E-state index in [1.54, 1.807) is 12.2 Å². The average molecular weight is 242 g/mol. The molecule has 0 aromatic rings. The summed E-state index contributed by atoms with van der Waals surface area (Å²) in [6.07, 6.45) is 9.68. The van der Waals surface area contributed by atoms with E-state index in [1.165, 1.54) is 0 Å². The minimum Gasteiger partial charge on any atom is -0.294 e. The molecule has 0 saturated carbocycles. The molecule has 0 aromatic heterocycles. The summed E-state index contributed by atoms with van der Waals surface area (Å²) in [7, 11) is 0. The molecule has 0 saturated heterocycles. The summed E-state index contributed by atoms with van der Waals surface area (Å²) in [5, 5.41) is 0. The number of allylic oxidation sites excluding steroid dienone is 6. The fourth-order valence-electron chi connectivity index (χ4n) is 3.76. The van der Waals surface area contributed by atoms with Crippen LogP contribution in [-0.4, -0.2) is 11.6 Å². The fraction of sp³-hybridized carbons (Fsp3) is 0.500. The number of hydrogen-bond donors (Lipinski definition) is 0. The summed E-state index contributed by atoms with van der Waals surface area (Å²) in [4.78, 5) is 24.5. The molecule has 0 aliphatic heterocycles. The molecule has 0 bridgehead atoms. The van der Waals surface area contributed by atoms with E-state index in [9.17, 15) is 9.59 Å². The van der Waals surface area contributed by atoms with E-state index in [0.717, 1.165) is 24.0 Å². The molecule has 18 heavy (non-hydrogen) atoms. The van der Waals surface area contributed by atoms with Crippen molar-refractivity contribution in [3.8, 4) is 0 Å². The Morgan fingerprint density at radius 1 is 0.833 bits per heavy atom. The molecule has 0 unspecified atom stereocenters. The van der Waals surface area contributed by atoms with Crippen LogP contribution < -0.4 is 0 Å². The van der Waals surface area contributed by atoms with E-state index < -0.39 is 0 Å². The summed E-state index contributed by atoms with van der Waals surface area (Å²) in [5.74, 6) is 0.564. The van der Waals surface area contributed by atoms with Gasteiger partial charge in [-0.15, -0.1) is 0 Å². The number of rotatable bonds is 0. The molecule has 0 N–H and O–H groups in total. The molecule has 4 atom stereocenters. The molecular formula is C16H18O2. The molecular weight excluding hydrogens is 224 g/mol. The van der Waals surface area contributed by atoms with Crippen LogP contribution in [0.4, 0.5) is 0 Å². The van der Waals surface area contributed by atoms with Gasteiger partial charge in [-0.1, -0.05) is 23.3 Å². The lowest BCUT2D eigenvalue weighted by Gasteiger charge is -2.41. The number of carbonyl (C=O) groups is 2. The summed E-state index contributed by atoms with van der Waals surface area (Å²) in [6.45, 7) is 4.00. The second-order valence-electron chi connectivity index (χ2n) is 5.96. The van der Waals surface area contributed by atoms with Crippen LogP contribution in [0.2, 0.25) is 0 Å². The van der Waals surface area contributed by atoms with Gasteiger partial charge in [0.2, 0.25) is 0 Å². The highest BCUT2D eigenvalue weighted by Gasteiger charge is 2.45. The Balaban J connectivity index is 2.01. The first-order valence-electron chi connectivity index (χ1n) is 6.66. The van der Waals surface area contributed by atoms with Crippen LogP contribution in [0.15, 0.2) is 35.5 Å². The van der Waals surface area contributed by atoms with Gasteiger partial charge in [0.1, 0.15) is 0 Å². The molecule has 3 aliphatic rings. The van der Waals surface area contributed by atoms with Crippen molar-refractivity contribution in [2.45, 2.75) is 26.7 Å². The summed E-state index contributed by atoms with van der Waals surface area (Å²) < 4.78 is 0. The van der Waals surface area contributed by atoms with Crippen LogP contribution in [0.5, 0.6) is 0 Å². The van der Waals surface area contributed by atoms with E-state index in [-0.39, 0.29) is 35.2 Å². The highest BCUT2D eigenvalue weighted by atomic mass is 16.1. The highest BCUT2D eigenvalue weighted by molar-refractivity contribution is 6.02. The van der Waals surface area contributed by atoms with Crippen LogP contribution in [0.3, 0.4) is 0 Å². The SMILES string of the molecule is CC1=CC(=O)[C@@H]2[C@@H]3C(=O)C=C(C)C[C@@H]3C=C[C@H]2C1. The first-order chi connectivity index (χ1) is 8.56. The van der Waals surface area contributed by atoms with Gasteiger partial charge < -0.3 is 0 Å². The molecule has 94 valence electrons. The van der Waals surface area contributed by atoms with Crippen LogP contribution in [0, 0.1) is 23.7 Å². The first-order valence-corrected chi connectivity index (χ1v) is 6.66. The smallest absolute Gasteiger partial charge is 0.160 e. The van der Waals surface area contributed by atoms with Gasteiger partial charge in [-0.05, 0) is 50.7 Å². The number of carbonyl (C=O) groups excluding carboxylic acids is 2. The number of fused-ring (bicyclic) bond motifs is 3. The van der Waals surface area contributed by atoms with Crippen LogP contribution in [-0.2, 0) is 9.59 Å². The van der Waals surface area contributed by atoms with Crippen LogP contribution in [0.1, 0.15) is 26.7 Å². The lowest BCUT2D eigenvalue weighted by molar-refractivity contribution is -0.131. The van der Waals surface area contributed by atoms with Crippen molar-refractivity contribution in [2.75, 3.05) is 0 Å². The molecule has 0 aromatic carbocycles. The molecule has 0 fully saturated rings. The Kier molecular flexibility index (Phi) is 2.61. The standard InChI is InChI=1S/C16H18O2/c1-9-5-11-3-4-12-6-10(2)8-14(18)16(12)15(11)13(17)7-9/h3-4,7-8,11-12,15-16H,5-6H2,1-2H3/t11-,12-,15-,16+/m0/s1. The van der Waals surface area contributed by atoms with Gasteiger partial charge in [-0.25, -0.2) is 0 Å². The Morgan fingerprint density at radius 2 is 1.22 bits per heavy atom. The molecule has 0 heterocycles. The molecule has 3 aliphatic carbocycles. The zero-order chi connectivity index (χ0) is 12.9. The minimum absolute atomic E-state index is 0.111. The maximum Gasteiger partial charge on any atom is 0.160 e.